The Morgan fingerprint density at radius 2 is 2.08 bits per heavy atom. The smallest absolute Gasteiger partial charge is 0.280 e. The van der Waals surface area contributed by atoms with Crippen LogP contribution in [0.25, 0.3) is 0 Å². The lowest BCUT2D eigenvalue weighted by Crippen LogP contribution is -2.41. The molecule has 0 aliphatic carbocycles. The Kier molecular flexibility index (Phi) is 2.05. The van der Waals surface area contributed by atoms with Crippen molar-refractivity contribution in [3.05, 3.63) is 35.9 Å². The molecule has 0 spiro atoms. The third kappa shape index (κ3) is 1.87. The molecule has 0 aromatic heterocycles. The van der Waals surface area contributed by atoms with E-state index in [1.54, 1.807) is 0 Å². The zero-order valence-corrected chi connectivity index (χ0v) is 7.10. The van der Waals surface area contributed by atoms with E-state index in [0.717, 1.165) is 5.56 Å². The van der Waals surface area contributed by atoms with Gasteiger partial charge >= 0.3 is 0 Å². The maximum Gasteiger partial charge on any atom is 0.280 e. The molecular formula is C9H12N2O2. The third-order valence-electron chi connectivity index (χ3n) is 2.11. The summed E-state index contributed by atoms with van der Waals surface area (Å²) in [5.41, 5.74) is 9.15. The Morgan fingerprint density at radius 1 is 1.46 bits per heavy atom. The minimum atomic E-state index is -1.31. The van der Waals surface area contributed by atoms with Gasteiger partial charge in [0.05, 0.1) is 6.04 Å². The van der Waals surface area contributed by atoms with Gasteiger partial charge in [-0.3, -0.25) is 0 Å². The average Bonchev–Trinajstić information content (AvgIpc) is 2.87. The molecular weight excluding hydrogens is 168 g/mol. The van der Waals surface area contributed by atoms with Crippen molar-refractivity contribution in [3.63, 3.8) is 0 Å². The summed E-state index contributed by atoms with van der Waals surface area (Å²) in [6.45, 7) is 0. The second kappa shape index (κ2) is 3.08. The van der Waals surface area contributed by atoms with E-state index < -0.39 is 12.0 Å². The summed E-state index contributed by atoms with van der Waals surface area (Å²) >= 11 is 0. The summed E-state index contributed by atoms with van der Waals surface area (Å²) in [5.74, 6) is -1.31. The van der Waals surface area contributed by atoms with Crippen LogP contribution < -0.4 is 11.2 Å². The highest BCUT2D eigenvalue weighted by molar-refractivity contribution is 5.16. The highest BCUT2D eigenvalue weighted by atomic mass is 16.9. The molecule has 2 atom stereocenters. The molecule has 0 radical (unpaired) electrons. The number of hydrogen-bond acceptors (Lipinski definition) is 4. The summed E-state index contributed by atoms with van der Waals surface area (Å²) < 4.78 is 0. The molecule has 1 fully saturated rings. The Hall–Kier alpha value is -0.940. The largest absolute Gasteiger partial charge is 0.349 e. The third-order valence-corrected chi connectivity index (χ3v) is 2.11. The highest BCUT2D eigenvalue weighted by Gasteiger charge is 2.48. The molecule has 70 valence electrons. The van der Waals surface area contributed by atoms with Gasteiger partial charge in [-0.2, -0.15) is 0 Å². The molecule has 1 unspecified atom stereocenters. The number of rotatable bonds is 3. The van der Waals surface area contributed by atoms with Gasteiger partial charge in [-0.05, 0) is 12.0 Å². The van der Waals surface area contributed by atoms with Gasteiger partial charge in [-0.1, -0.05) is 30.3 Å². The molecule has 4 heteroatoms. The van der Waals surface area contributed by atoms with Crippen molar-refractivity contribution in [2.24, 2.45) is 5.73 Å². The van der Waals surface area contributed by atoms with Crippen molar-refractivity contribution in [2.75, 3.05) is 0 Å². The molecule has 4 nitrogen and oxygen atoms in total. The molecule has 1 aliphatic rings. The van der Waals surface area contributed by atoms with Crippen LogP contribution in [0.15, 0.2) is 30.3 Å². The van der Waals surface area contributed by atoms with Crippen molar-refractivity contribution in [1.82, 2.24) is 5.48 Å². The number of nitrogens with two attached hydrogens (primary N) is 1. The van der Waals surface area contributed by atoms with Crippen LogP contribution in [0.3, 0.4) is 0 Å². The SMILES string of the molecule is N[C@@H](Cc1ccccc1)C1(O)NO1. The molecule has 4 N–H and O–H groups in total. The monoisotopic (exact) mass is 180 g/mol. The van der Waals surface area contributed by atoms with Crippen LogP contribution >= 0.6 is 0 Å². The van der Waals surface area contributed by atoms with Crippen LogP contribution in [-0.2, 0) is 11.3 Å². The molecule has 0 amide bonds. The molecule has 1 saturated heterocycles. The molecule has 2 rings (SSSR count). The van der Waals surface area contributed by atoms with Gasteiger partial charge in [-0.15, -0.1) is 5.48 Å². The fourth-order valence-electron chi connectivity index (χ4n) is 1.21. The average molecular weight is 180 g/mol. The summed E-state index contributed by atoms with van der Waals surface area (Å²) in [6.07, 6.45) is 0.588. The summed E-state index contributed by atoms with van der Waals surface area (Å²) in [7, 11) is 0. The standard InChI is InChI=1S/C9H12N2O2/c10-8(9(12)11-13-9)6-7-4-2-1-3-5-7/h1-5,8,11-12H,6,10H2/t8-,9?/m0/s1. The minimum Gasteiger partial charge on any atom is -0.349 e. The molecule has 1 aliphatic heterocycles. The fourth-order valence-corrected chi connectivity index (χ4v) is 1.21. The van der Waals surface area contributed by atoms with Crippen molar-refractivity contribution >= 4 is 0 Å². The summed E-state index contributed by atoms with van der Waals surface area (Å²) in [5, 5.41) is 9.40. The first kappa shape index (κ1) is 8.65. The molecule has 1 aromatic carbocycles. The quantitative estimate of drug-likeness (QED) is 0.560. The molecule has 13 heavy (non-hydrogen) atoms. The molecule has 0 bridgehead atoms. The van der Waals surface area contributed by atoms with Gasteiger partial charge in [0, 0.05) is 0 Å². The van der Waals surface area contributed by atoms with E-state index in [1.165, 1.54) is 0 Å². The number of hydroxylamine groups is 1. The lowest BCUT2D eigenvalue weighted by molar-refractivity contribution is 0.0127. The Morgan fingerprint density at radius 3 is 2.62 bits per heavy atom. The second-order valence-corrected chi connectivity index (χ2v) is 3.20. The maximum atomic E-state index is 9.40. The van der Waals surface area contributed by atoms with Crippen LogP contribution in [0, 0.1) is 0 Å². The van der Waals surface area contributed by atoms with Crippen molar-refractivity contribution in [2.45, 2.75) is 18.4 Å². The normalized spacial score (nSPS) is 28.5. The van der Waals surface area contributed by atoms with E-state index in [1.807, 2.05) is 30.3 Å². The van der Waals surface area contributed by atoms with E-state index in [-0.39, 0.29) is 0 Å². The van der Waals surface area contributed by atoms with E-state index in [0.29, 0.717) is 6.42 Å². The molecule has 1 heterocycles. The minimum absolute atomic E-state index is 0.435. The van der Waals surface area contributed by atoms with Crippen LogP contribution in [0.2, 0.25) is 0 Å². The Balaban J connectivity index is 1.98. The fraction of sp³-hybridized carbons (Fsp3) is 0.333. The van der Waals surface area contributed by atoms with Crippen LogP contribution in [0.4, 0.5) is 0 Å². The van der Waals surface area contributed by atoms with Gasteiger partial charge in [-0.25, -0.2) is 4.84 Å². The van der Waals surface area contributed by atoms with Crippen LogP contribution in [0.1, 0.15) is 5.56 Å². The van der Waals surface area contributed by atoms with Crippen molar-refractivity contribution in [3.8, 4) is 0 Å². The Labute approximate surface area is 76.3 Å². The zero-order valence-electron chi connectivity index (χ0n) is 7.10. The number of hydrogen-bond donors (Lipinski definition) is 3. The highest BCUT2D eigenvalue weighted by Crippen LogP contribution is 2.20. The van der Waals surface area contributed by atoms with Gasteiger partial charge in [0.15, 0.2) is 0 Å². The Bertz CT molecular complexity index is 285. The predicted octanol–water partition coefficient (Wildman–Crippen LogP) is -0.263. The topological polar surface area (TPSA) is 80.7 Å². The van der Waals surface area contributed by atoms with Crippen molar-refractivity contribution < 1.29 is 9.94 Å². The molecule has 0 saturated carbocycles. The zero-order chi connectivity index (χ0) is 9.31. The van der Waals surface area contributed by atoms with E-state index in [9.17, 15) is 5.11 Å². The summed E-state index contributed by atoms with van der Waals surface area (Å²) in [4.78, 5) is 4.61. The van der Waals surface area contributed by atoms with Crippen LogP contribution in [-0.4, -0.2) is 17.1 Å². The van der Waals surface area contributed by atoms with Gasteiger partial charge in [0.2, 0.25) is 0 Å². The number of benzene rings is 1. The summed E-state index contributed by atoms with van der Waals surface area (Å²) in [6, 6.07) is 9.31. The van der Waals surface area contributed by atoms with Gasteiger partial charge < -0.3 is 10.8 Å². The molecule has 1 aromatic rings. The van der Waals surface area contributed by atoms with Gasteiger partial charge in [0.1, 0.15) is 0 Å². The lowest BCUT2D eigenvalue weighted by Gasteiger charge is -2.12. The second-order valence-electron chi connectivity index (χ2n) is 3.20. The predicted molar refractivity (Wildman–Crippen MR) is 47.3 cm³/mol. The van der Waals surface area contributed by atoms with E-state index in [2.05, 4.69) is 10.3 Å². The van der Waals surface area contributed by atoms with Crippen LogP contribution in [0.5, 0.6) is 0 Å². The van der Waals surface area contributed by atoms with E-state index in [4.69, 9.17) is 5.73 Å². The number of nitrogens with one attached hydrogen (secondary N) is 1. The van der Waals surface area contributed by atoms with Crippen molar-refractivity contribution in [1.29, 1.82) is 0 Å². The van der Waals surface area contributed by atoms with Gasteiger partial charge in [0.25, 0.3) is 5.91 Å². The first-order valence-corrected chi connectivity index (χ1v) is 4.18. The maximum absolute atomic E-state index is 9.40. The van der Waals surface area contributed by atoms with E-state index >= 15 is 0 Å². The number of aliphatic hydroxyl groups is 1. The first-order valence-electron chi connectivity index (χ1n) is 4.18. The first-order chi connectivity index (χ1) is 6.21. The lowest BCUT2D eigenvalue weighted by atomic mass is 10.1.